The number of likely N-dealkylation sites (N-methyl/N-ethyl adjacent to an activating group) is 1. The minimum atomic E-state index is -0.415. The van der Waals surface area contributed by atoms with Crippen LogP contribution in [0.25, 0.3) is 0 Å². The van der Waals surface area contributed by atoms with Gasteiger partial charge in [-0.2, -0.15) is 0 Å². The number of nitrogens with two attached hydrogens (primary N) is 1. The fourth-order valence-corrected chi connectivity index (χ4v) is 1.76. The van der Waals surface area contributed by atoms with Crippen LogP contribution in [0.4, 0.5) is 5.69 Å². The topological polar surface area (TPSA) is 105 Å². The largest absolute Gasteiger partial charge is 0.346 e. The second kappa shape index (κ2) is 9.81. The van der Waals surface area contributed by atoms with Gasteiger partial charge in [0.1, 0.15) is 0 Å². The Bertz CT molecular complexity index is 578. The van der Waals surface area contributed by atoms with Gasteiger partial charge in [0.2, 0.25) is 17.7 Å². The normalized spacial score (nSPS) is 9.57. The van der Waals surface area contributed by atoms with Gasteiger partial charge in [-0.3, -0.25) is 14.4 Å². The summed E-state index contributed by atoms with van der Waals surface area (Å²) in [5.74, 6) is -1.07. The van der Waals surface area contributed by atoms with Gasteiger partial charge in [-0.25, -0.2) is 0 Å². The summed E-state index contributed by atoms with van der Waals surface area (Å²) in [7, 11) is 1.50. The van der Waals surface area contributed by atoms with E-state index in [-0.39, 0.29) is 43.9 Å². The highest BCUT2D eigenvalue weighted by Gasteiger charge is 2.14. The average Bonchev–Trinajstić information content (AvgIpc) is 2.48. The van der Waals surface area contributed by atoms with E-state index in [1.807, 2.05) is 32.0 Å². The van der Waals surface area contributed by atoms with Gasteiger partial charge in [0.25, 0.3) is 0 Å². The van der Waals surface area contributed by atoms with Crippen LogP contribution in [-0.4, -0.2) is 49.3 Å². The molecule has 1 rings (SSSR count). The first-order valence-electron chi connectivity index (χ1n) is 6.92. The lowest BCUT2D eigenvalue weighted by atomic mass is 10.1. The van der Waals surface area contributed by atoms with Gasteiger partial charge in [-0.15, -0.1) is 12.4 Å². The maximum atomic E-state index is 12.0. The molecule has 128 valence electrons. The maximum absolute atomic E-state index is 12.0. The van der Waals surface area contributed by atoms with Crippen LogP contribution in [0.3, 0.4) is 0 Å². The predicted octanol–water partition coefficient (Wildman–Crippen LogP) is 0.197. The van der Waals surface area contributed by atoms with Crippen LogP contribution in [0.2, 0.25) is 0 Å². The molecule has 0 aliphatic heterocycles. The second-order valence-electron chi connectivity index (χ2n) is 5.03. The molecule has 0 saturated heterocycles. The van der Waals surface area contributed by atoms with Crippen molar-refractivity contribution in [2.75, 3.05) is 32.0 Å². The van der Waals surface area contributed by atoms with E-state index < -0.39 is 5.91 Å². The molecule has 0 unspecified atom stereocenters. The van der Waals surface area contributed by atoms with E-state index in [2.05, 4.69) is 10.6 Å². The minimum absolute atomic E-state index is 0. The van der Waals surface area contributed by atoms with Crippen molar-refractivity contribution in [1.82, 2.24) is 10.2 Å². The molecule has 3 amide bonds. The van der Waals surface area contributed by atoms with Gasteiger partial charge in [0.15, 0.2) is 0 Å². The molecule has 8 heteroatoms. The lowest BCUT2D eigenvalue weighted by Gasteiger charge is -2.18. The van der Waals surface area contributed by atoms with Crippen molar-refractivity contribution in [1.29, 1.82) is 0 Å². The van der Waals surface area contributed by atoms with Gasteiger partial charge in [0, 0.05) is 12.7 Å². The Balaban J connectivity index is 0.00000484. The number of hydrogen-bond donors (Lipinski definition) is 3. The fourth-order valence-electron chi connectivity index (χ4n) is 1.76. The molecule has 7 nitrogen and oxygen atoms in total. The Morgan fingerprint density at radius 2 is 1.83 bits per heavy atom. The number of anilines is 1. The van der Waals surface area contributed by atoms with Gasteiger partial charge in [-0.05, 0) is 31.0 Å². The van der Waals surface area contributed by atoms with Crippen LogP contribution in [0, 0.1) is 13.8 Å². The highest BCUT2D eigenvalue weighted by Crippen LogP contribution is 2.17. The number of aryl methyl sites for hydroxylation is 1. The molecule has 4 N–H and O–H groups in total. The van der Waals surface area contributed by atoms with Crippen molar-refractivity contribution in [3.8, 4) is 0 Å². The molecule has 0 atom stereocenters. The van der Waals surface area contributed by atoms with E-state index in [4.69, 9.17) is 5.73 Å². The molecule has 0 aliphatic rings. The molecule has 0 fully saturated rings. The molecule has 23 heavy (non-hydrogen) atoms. The van der Waals surface area contributed by atoms with E-state index in [0.29, 0.717) is 0 Å². The van der Waals surface area contributed by atoms with Gasteiger partial charge in [-0.1, -0.05) is 12.1 Å². The van der Waals surface area contributed by atoms with Crippen molar-refractivity contribution in [3.05, 3.63) is 29.3 Å². The van der Waals surface area contributed by atoms with E-state index in [9.17, 15) is 14.4 Å². The van der Waals surface area contributed by atoms with Crippen LogP contribution in [-0.2, 0) is 14.4 Å². The number of carbonyl (C=O) groups excluding carboxylic acids is 3. The van der Waals surface area contributed by atoms with Crippen LogP contribution < -0.4 is 16.4 Å². The highest BCUT2D eigenvalue weighted by atomic mass is 35.5. The number of amides is 3. The molecule has 0 saturated carbocycles. The van der Waals surface area contributed by atoms with Gasteiger partial charge >= 0.3 is 0 Å². The Kier molecular flexibility index (Phi) is 8.90. The average molecular weight is 343 g/mol. The van der Waals surface area contributed by atoms with Crippen molar-refractivity contribution in [2.45, 2.75) is 13.8 Å². The molecule has 1 aromatic carbocycles. The summed E-state index contributed by atoms with van der Waals surface area (Å²) in [5.41, 5.74) is 7.91. The quantitative estimate of drug-likeness (QED) is 0.686. The van der Waals surface area contributed by atoms with Crippen LogP contribution in [0.1, 0.15) is 11.1 Å². The maximum Gasteiger partial charge on any atom is 0.243 e. The Labute approximate surface area is 142 Å². The first-order valence-corrected chi connectivity index (χ1v) is 6.92. The second-order valence-corrected chi connectivity index (χ2v) is 5.03. The van der Waals surface area contributed by atoms with Crippen LogP contribution in [0.5, 0.6) is 0 Å². The summed E-state index contributed by atoms with van der Waals surface area (Å²) < 4.78 is 0. The van der Waals surface area contributed by atoms with Crippen molar-refractivity contribution in [3.63, 3.8) is 0 Å². The lowest BCUT2D eigenvalue weighted by molar-refractivity contribution is -0.134. The van der Waals surface area contributed by atoms with Crippen LogP contribution in [0.15, 0.2) is 18.2 Å². The van der Waals surface area contributed by atoms with Crippen LogP contribution >= 0.6 is 12.4 Å². The number of carbonyl (C=O) groups is 3. The molecule has 0 aliphatic carbocycles. The zero-order chi connectivity index (χ0) is 16.7. The number of nitrogens with one attached hydrogen (secondary N) is 2. The summed E-state index contributed by atoms with van der Waals surface area (Å²) in [5, 5.41) is 5.14. The third-order valence-electron chi connectivity index (χ3n) is 3.31. The monoisotopic (exact) mass is 342 g/mol. The zero-order valence-corrected chi connectivity index (χ0v) is 14.3. The van der Waals surface area contributed by atoms with E-state index in [1.165, 1.54) is 11.9 Å². The Morgan fingerprint density at radius 1 is 1.17 bits per heavy atom. The standard InChI is InChI=1S/C15H22N4O3.ClH/c1-10-5-4-6-12(11(10)2)18-14(21)9-19(3)15(22)8-17-13(20)7-16;/h4-6H,7-9,16H2,1-3H3,(H,17,20)(H,18,21);1H. The molecule has 0 radical (unpaired) electrons. The van der Waals surface area contributed by atoms with E-state index >= 15 is 0 Å². The molecule has 0 heterocycles. The molecule has 0 spiro atoms. The van der Waals surface area contributed by atoms with E-state index in [0.717, 1.165) is 16.8 Å². The van der Waals surface area contributed by atoms with Crippen molar-refractivity contribution in [2.24, 2.45) is 5.73 Å². The molecule has 0 aromatic heterocycles. The third kappa shape index (κ3) is 6.66. The summed E-state index contributed by atoms with van der Waals surface area (Å²) in [4.78, 5) is 36.0. The number of benzene rings is 1. The summed E-state index contributed by atoms with van der Waals surface area (Å²) >= 11 is 0. The SMILES string of the molecule is Cc1cccc(NC(=O)CN(C)C(=O)CNC(=O)CN)c1C.Cl. The fraction of sp³-hybridized carbons (Fsp3) is 0.400. The Hall–Kier alpha value is -2.12. The number of hydrogen-bond acceptors (Lipinski definition) is 4. The molecular weight excluding hydrogens is 320 g/mol. The zero-order valence-electron chi connectivity index (χ0n) is 13.5. The smallest absolute Gasteiger partial charge is 0.243 e. The number of rotatable bonds is 6. The van der Waals surface area contributed by atoms with Crippen molar-refractivity contribution >= 4 is 35.8 Å². The summed E-state index contributed by atoms with van der Waals surface area (Å²) in [6, 6.07) is 5.62. The van der Waals surface area contributed by atoms with Crippen molar-refractivity contribution < 1.29 is 14.4 Å². The predicted molar refractivity (Wildman–Crippen MR) is 91.5 cm³/mol. The molecule has 0 bridgehead atoms. The van der Waals surface area contributed by atoms with E-state index in [1.54, 1.807) is 0 Å². The summed E-state index contributed by atoms with van der Waals surface area (Å²) in [6.07, 6.45) is 0. The number of halogens is 1. The molecular formula is C15H23ClN4O3. The lowest BCUT2D eigenvalue weighted by Crippen LogP contribution is -2.42. The number of nitrogens with zero attached hydrogens (tertiary/aromatic N) is 1. The molecule has 1 aromatic rings. The minimum Gasteiger partial charge on any atom is -0.346 e. The first kappa shape index (κ1) is 20.9. The van der Waals surface area contributed by atoms with Gasteiger partial charge < -0.3 is 21.3 Å². The highest BCUT2D eigenvalue weighted by molar-refractivity contribution is 5.95. The Morgan fingerprint density at radius 3 is 2.43 bits per heavy atom. The third-order valence-corrected chi connectivity index (χ3v) is 3.31. The first-order chi connectivity index (χ1) is 10.3. The summed E-state index contributed by atoms with van der Waals surface area (Å²) in [6.45, 7) is 3.43. The van der Waals surface area contributed by atoms with Gasteiger partial charge in [0.05, 0.1) is 19.6 Å².